The van der Waals surface area contributed by atoms with E-state index in [9.17, 15) is 14.4 Å². The summed E-state index contributed by atoms with van der Waals surface area (Å²) in [5, 5.41) is 0. The molecule has 1 fully saturated rings. The lowest BCUT2D eigenvalue weighted by Crippen LogP contribution is -2.48. The molecule has 2 aliphatic rings. The van der Waals surface area contributed by atoms with E-state index in [2.05, 4.69) is 4.90 Å². The lowest BCUT2D eigenvalue weighted by Gasteiger charge is -2.32. The second-order valence-electron chi connectivity index (χ2n) is 6.27. The number of likely N-dealkylation sites (N-methyl/N-ethyl adjacent to an activating group) is 2. The first-order valence-electron chi connectivity index (χ1n) is 7.96. The van der Waals surface area contributed by atoms with Gasteiger partial charge in [0, 0.05) is 26.7 Å². The van der Waals surface area contributed by atoms with Crippen LogP contribution in [0.4, 0.5) is 0 Å². The van der Waals surface area contributed by atoms with Crippen molar-refractivity contribution in [2.45, 2.75) is 6.10 Å². The predicted octanol–water partition coefficient (Wildman–Crippen LogP) is 0.0716. The molecule has 1 saturated heterocycles. The summed E-state index contributed by atoms with van der Waals surface area (Å²) in [6.07, 6.45) is -0.0557. The van der Waals surface area contributed by atoms with Crippen LogP contribution in [0.25, 0.3) is 0 Å². The number of rotatable bonds is 4. The van der Waals surface area contributed by atoms with E-state index in [1.807, 2.05) is 7.05 Å². The Morgan fingerprint density at radius 2 is 1.88 bits per heavy atom. The van der Waals surface area contributed by atoms with Crippen LogP contribution < -0.4 is 0 Å². The molecule has 7 nitrogen and oxygen atoms in total. The Kier molecular flexibility index (Phi) is 4.64. The number of nitrogens with zero attached hydrogens (tertiary/aromatic N) is 3. The van der Waals surface area contributed by atoms with Crippen molar-refractivity contribution in [1.82, 2.24) is 14.7 Å². The van der Waals surface area contributed by atoms with Gasteiger partial charge >= 0.3 is 0 Å². The van der Waals surface area contributed by atoms with E-state index in [0.717, 1.165) is 18.0 Å². The highest BCUT2D eigenvalue weighted by atomic mass is 16.5. The second kappa shape index (κ2) is 6.70. The molecular formula is C17H21N3O4. The smallest absolute Gasteiger partial charge is 0.262 e. The maximum Gasteiger partial charge on any atom is 0.262 e. The summed E-state index contributed by atoms with van der Waals surface area (Å²) in [5.41, 5.74) is 0.713. The molecule has 2 heterocycles. The lowest BCUT2D eigenvalue weighted by atomic mass is 10.1. The first-order valence-corrected chi connectivity index (χ1v) is 7.96. The minimum absolute atomic E-state index is 0.0557. The zero-order valence-electron chi connectivity index (χ0n) is 13.9. The summed E-state index contributed by atoms with van der Waals surface area (Å²) in [5.74, 6) is -1.10. The standard InChI is InChI=1S/C17H21N3O4/c1-18-7-8-24-12(9-18)10-19(2)15(21)11-20-16(22)13-5-3-4-6-14(13)17(20)23/h3-6,12H,7-11H2,1-2H3. The topological polar surface area (TPSA) is 70.2 Å². The van der Waals surface area contributed by atoms with Crippen molar-refractivity contribution in [3.8, 4) is 0 Å². The highest BCUT2D eigenvalue weighted by Crippen LogP contribution is 2.22. The molecule has 0 radical (unpaired) electrons. The van der Waals surface area contributed by atoms with E-state index in [1.54, 1.807) is 31.3 Å². The van der Waals surface area contributed by atoms with Crippen molar-refractivity contribution in [3.63, 3.8) is 0 Å². The van der Waals surface area contributed by atoms with Gasteiger partial charge in [-0.2, -0.15) is 0 Å². The Hall–Kier alpha value is -2.25. The van der Waals surface area contributed by atoms with Gasteiger partial charge < -0.3 is 14.5 Å². The molecule has 0 aliphatic carbocycles. The summed E-state index contributed by atoms with van der Waals surface area (Å²) in [4.78, 5) is 41.7. The van der Waals surface area contributed by atoms with Gasteiger partial charge in [-0.25, -0.2) is 0 Å². The molecule has 1 atom stereocenters. The number of morpholine rings is 1. The molecule has 3 amide bonds. The van der Waals surface area contributed by atoms with Crippen LogP contribution in [-0.2, 0) is 9.53 Å². The van der Waals surface area contributed by atoms with Gasteiger partial charge in [-0.15, -0.1) is 0 Å². The van der Waals surface area contributed by atoms with Gasteiger partial charge in [0.15, 0.2) is 0 Å². The van der Waals surface area contributed by atoms with Gasteiger partial charge in [-0.3, -0.25) is 19.3 Å². The maximum atomic E-state index is 12.4. The quantitative estimate of drug-likeness (QED) is 0.731. The van der Waals surface area contributed by atoms with E-state index < -0.39 is 11.8 Å². The number of carbonyl (C=O) groups excluding carboxylic acids is 3. The van der Waals surface area contributed by atoms with Crippen LogP contribution in [-0.4, -0.2) is 85.4 Å². The van der Waals surface area contributed by atoms with Crippen LogP contribution in [0.5, 0.6) is 0 Å². The van der Waals surface area contributed by atoms with Gasteiger partial charge in [0.1, 0.15) is 6.54 Å². The number of amides is 3. The number of ether oxygens (including phenoxy) is 1. The lowest BCUT2D eigenvalue weighted by molar-refractivity contribution is -0.133. The van der Waals surface area contributed by atoms with Crippen LogP contribution in [0.1, 0.15) is 20.7 Å². The zero-order valence-corrected chi connectivity index (χ0v) is 13.9. The summed E-state index contributed by atoms with van der Waals surface area (Å²) in [7, 11) is 3.68. The van der Waals surface area contributed by atoms with Crippen molar-refractivity contribution >= 4 is 17.7 Å². The minimum atomic E-state index is -0.411. The molecule has 24 heavy (non-hydrogen) atoms. The minimum Gasteiger partial charge on any atom is -0.374 e. The van der Waals surface area contributed by atoms with Crippen molar-refractivity contribution in [1.29, 1.82) is 0 Å². The van der Waals surface area contributed by atoms with Crippen LogP contribution in [0.2, 0.25) is 0 Å². The van der Waals surface area contributed by atoms with Gasteiger partial charge in [0.2, 0.25) is 5.91 Å². The van der Waals surface area contributed by atoms with Crippen LogP contribution in [0, 0.1) is 0 Å². The summed E-state index contributed by atoms with van der Waals surface area (Å²) < 4.78 is 5.65. The van der Waals surface area contributed by atoms with Crippen molar-refractivity contribution in [3.05, 3.63) is 35.4 Å². The van der Waals surface area contributed by atoms with Crippen LogP contribution in [0.3, 0.4) is 0 Å². The Bertz CT molecular complexity index is 641. The molecule has 0 bridgehead atoms. The number of benzene rings is 1. The molecule has 2 aliphatic heterocycles. The highest BCUT2D eigenvalue weighted by Gasteiger charge is 2.37. The maximum absolute atomic E-state index is 12.4. The molecule has 0 N–H and O–H groups in total. The van der Waals surface area contributed by atoms with E-state index in [-0.39, 0.29) is 18.6 Å². The van der Waals surface area contributed by atoms with Crippen molar-refractivity contribution in [2.24, 2.45) is 0 Å². The molecule has 1 aromatic carbocycles. The van der Waals surface area contributed by atoms with E-state index in [0.29, 0.717) is 24.3 Å². The van der Waals surface area contributed by atoms with Gasteiger partial charge in [-0.1, -0.05) is 12.1 Å². The number of hydrogen-bond donors (Lipinski definition) is 0. The van der Waals surface area contributed by atoms with Crippen LogP contribution >= 0.6 is 0 Å². The third-order valence-electron chi connectivity index (χ3n) is 4.42. The fraction of sp³-hybridized carbons (Fsp3) is 0.471. The average Bonchev–Trinajstić information content (AvgIpc) is 2.80. The SMILES string of the molecule is CN1CCOC(CN(C)C(=O)CN2C(=O)c3ccccc3C2=O)C1. The number of carbonyl (C=O) groups is 3. The summed E-state index contributed by atoms with van der Waals surface area (Å²) >= 11 is 0. The van der Waals surface area contributed by atoms with Crippen LogP contribution in [0.15, 0.2) is 24.3 Å². The first-order chi connectivity index (χ1) is 11.5. The number of hydrogen-bond acceptors (Lipinski definition) is 5. The van der Waals surface area contributed by atoms with Crippen molar-refractivity contribution < 1.29 is 19.1 Å². The second-order valence-corrected chi connectivity index (χ2v) is 6.27. The molecular weight excluding hydrogens is 310 g/mol. The van der Waals surface area contributed by atoms with E-state index in [4.69, 9.17) is 4.74 Å². The molecule has 0 saturated carbocycles. The van der Waals surface area contributed by atoms with Gasteiger partial charge in [-0.05, 0) is 19.2 Å². The fourth-order valence-electron chi connectivity index (χ4n) is 3.02. The molecule has 128 valence electrons. The first kappa shape index (κ1) is 16.6. The molecule has 1 unspecified atom stereocenters. The summed E-state index contributed by atoms with van der Waals surface area (Å²) in [6.45, 7) is 2.47. The average molecular weight is 331 g/mol. The third kappa shape index (κ3) is 3.18. The summed E-state index contributed by atoms with van der Waals surface area (Å²) in [6, 6.07) is 6.63. The largest absolute Gasteiger partial charge is 0.374 e. The predicted molar refractivity (Wildman–Crippen MR) is 86.7 cm³/mol. The Labute approximate surface area is 140 Å². The zero-order chi connectivity index (χ0) is 17.3. The normalized spacial score (nSPS) is 21.1. The van der Waals surface area contributed by atoms with Gasteiger partial charge in [0.05, 0.1) is 23.8 Å². The molecule has 0 aromatic heterocycles. The Balaban J connectivity index is 1.61. The highest BCUT2D eigenvalue weighted by molar-refractivity contribution is 6.22. The monoisotopic (exact) mass is 331 g/mol. The fourth-order valence-corrected chi connectivity index (χ4v) is 3.02. The Morgan fingerprint density at radius 3 is 2.46 bits per heavy atom. The van der Waals surface area contributed by atoms with E-state index >= 15 is 0 Å². The molecule has 1 aromatic rings. The molecule has 0 spiro atoms. The number of fused-ring (bicyclic) bond motifs is 1. The Morgan fingerprint density at radius 1 is 1.25 bits per heavy atom. The molecule has 7 heteroatoms. The van der Waals surface area contributed by atoms with Gasteiger partial charge in [0.25, 0.3) is 11.8 Å². The third-order valence-corrected chi connectivity index (χ3v) is 4.42. The number of imide groups is 1. The van der Waals surface area contributed by atoms with E-state index in [1.165, 1.54) is 4.90 Å². The molecule has 3 rings (SSSR count). The van der Waals surface area contributed by atoms with Crippen molar-refractivity contribution in [2.75, 3.05) is 46.9 Å².